The van der Waals surface area contributed by atoms with Gasteiger partial charge in [-0.05, 0) is 37.3 Å². The summed E-state index contributed by atoms with van der Waals surface area (Å²) in [5, 5.41) is 23.0. The minimum atomic E-state index is -1.20. The number of halogens is 2. The molecule has 1 aliphatic carbocycles. The number of carboxylic acid groups (broad SMARTS) is 2. The minimum Gasteiger partial charge on any atom is -0.481 e. The van der Waals surface area contributed by atoms with Gasteiger partial charge in [0, 0.05) is 34.1 Å². The van der Waals surface area contributed by atoms with E-state index in [4.69, 9.17) is 23.2 Å². The lowest BCUT2D eigenvalue weighted by molar-refractivity contribution is -0.155. The lowest BCUT2D eigenvalue weighted by atomic mass is 9.65. The van der Waals surface area contributed by atoms with Crippen LogP contribution in [0.5, 0.6) is 0 Å². The van der Waals surface area contributed by atoms with E-state index in [1.165, 1.54) is 0 Å². The maximum Gasteiger partial charge on any atom is 0.326 e. The Hall–Kier alpha value is -2.58. The third-order valence-electron chi connectivity index (χ3n) is 7.13. The first-order valence-electron chi connectivity index (χ1n) is 10.6. The number of amides is 1. The number of aliphatic carboxylic acids is 2. The zero-order valence-electron chi connectivity index (χ0n) is 18.6. The molecule has 8 nitrogen and oxygen atoms in total. The van der Waals surface area contributed by atoms with Gasteiger partial charge in [-0.3, -0.25) is 9.59 Å². The van der Waals surface area contributed by atoms with Crippen molar-refractivity contribution in [3.8, 4) is 0 Å². The second-order valence-corrected chi connectivity index (χ2v) is 10.1. The van der Waals surface area contributed by atoms with Crippen molar-refractivity contribution >= 4 is 41.0 Å². The van der Waals surface area contributed by atoms with Crippen LogP contribution in [0.25, 0.3) is 0 Å². The second-order valence-electron chi connectivity index (χ2n) is 9.29. The molecule has 3 rings (SSSR count). The van der Waals surface area contributed by atoms with Crippen molar-refractivity contribution in [3.05, 3.63) is 52.0 Å². The Morgan fingerprint density at radius 3 is 2.39 bits per heavy atom. The minimum absolute atomic E-state index is 0.0202. The number of benzene rings is 1. The Bertz CT molecular complexity index is 1060. The van der Waals surface area contributed by atoms with Crippen molar-refractivity contribution < 1.29 is 24.6 Å². The maximum atomic E-state index is 13.0. The summed E-state index contributed by atoms with van der Waals surface area (Å²) >= 11 is 12.4. The summed E-state index contributed by atoms with van der Waals surface area (Å²) in [4.78, 5) is 40.9. The molecule has 1 aromatic carbocycles. The highest BCUT2D eigenvalue weighted by atomic mass is 35.5. The van der Waals surface area contributed by atoms with Crippen LogP contribution in [0.15, 0.2) is 30.7 Å². The molecule has 0 radical (unpaired) electrons. The molecule has 1 aliphatic rings. The van der Waals surface area contributed by atoms with E-state index in [2.05, 4.69) is 10.3 Å². The van der Waals surface area contributed by atoms with Crippen molar-refractivity contribution in [2.75, 3.05) is 0 Å². The standard InChI is InChI=1S/C23H27Cl2N3O5/c1-22(2)15(7-8-23(22,3)21(32)33)19(29)27-18(20(30)31)9-13-10-28(12-26-13)11-14-16(24)5-4-6-17(14)25/h4-6,10,12,15,18H,7-9,11H2,1-3H3,(H,27,29)(H,30,31)(H,32,33)/t15?,18-,23?/m0/s1. The van der Waals surface area contributed by atoms with Gasteiger partial charge in [0.15, 0.2) is 0 Å². The number of imidazole rings is 1. The average molecular weight is 496 g/mol. The Kier molecular flexibility index (Phi) is 7.10. The molecule has 1 saturated carbocycles. The van der Waals surface area contributed by atoms with E-state index < -0.39 is 40.6 Å². The smallest absolute Gasteiger partial charge is 0.326 e. The molecule has 0 bridgehead atoms. The molecule has 2 aromatic rings. The van der Waals surface area contributed by atoms with E-state index in [0.29, 0.717) is 35.1 Å². The van der Waals surface area contributed by atoms with Crippen LogP contribution in [0.1, 0.15) is 44.9 Å². The number of hydrogen-bond donors (Lipinski definition) is 3. The van der Waals surface area contributed by atoms with Crippen LogP contribution < -0.4 is 5.32 Å². The van der Waals surface area contributed by atoms with Gasteiger partial charge in [0.1, 0.15) is 6.04 Å². The fourth-order valence-electron chi connectivity index (χ4n) is 4.49. The highest BCUT2D eigenvalue weighted by Gasteiger charge is 2.58. The molecule has 3 N–H and O–H groups in total. The van der Waals surface area contributed by atoms with E-state index in [9.17, 15) is 24.6 Å². The van der Waals surface area contributed by atoms with Crippen molar-refractivity contribution in [1.29, 1.82) is 0 Å². The second kappa shape index (κ2) is 9.35. The summed E-state index contributed by atoms with van der Waals surface area (Å²) in [5.41, 5.74) is -0.696. The number of carbonyl (C=O) groups is 3. The number of nitrogens with one attached hydrogen (secondary N) is 1. The summed E-state index contributed by atoms with van der Waals surface area (Å²) < 4.78 is 1.74. The van der Waals surface area contributed by atoms with Gasteiger partial charge in [0.25, 0.3) is 0 Å². The van der Waals surface area contributed by atoms with Gasteiger partial charge in [0.2, 0.25) is 5.91 Å². The molecule has 1 aromatic heterocycles. The first-order chi connectivity index (χ1) is 15.4. The molecular weight excluding hydrogens is 469 g/mol. The Balaban J connectivity index is 1.71. The van der Waals surface area contributed by atoms with Crippen molar-refractivity contribution in [3.63, 3.8) is 0 Å². The number of hydrogen-bond acceptors (Lipinski definition) is 4. The van der Waals surface area contributed by atoms with Crippen LogP contribution in [-0.4, -0.2) is 43.7 Å². The quantitative estimate of drug-likeness (QED) is 0.510. The molecule has 1 amide bonds. The number of rotatable bonds is 8. The predicted octanol–water partition coefficient (Wildman–Crippen LogP) is 3.88. The fraction of sp³-hybridized carbons (Fsp3) is 0.478. The third kappa shape index (κ3) is 4.87. The highest BCUT2D eigenvalue weighted by Crippen LogP contribution is 2.56. The molecule has 2 unspecified atom stereocenters. The Morgan fingerprint density at radius 2 is 1.85 bits per heavy atom. The van der Waals surface area contributed by atoms with Crippen LogP contribution in [0.2, 0.25) is 10.0 Å². The molecule has 0 spiro atoms. The summed E-state index contributed by atoms with van der Waals surface area (Å²) in [6, 6.07) is 4.02. The van der Waals surface area contributed by atoms with Gasteiger partial charge in [-0.25, -0.2) is 9.78 Å². The number of nitrogens with zero attached hydrogens (tertiary/aromatic N) is 2. The van der Waals surface area contributed by atoms with Gasteiger partial charge in [0.05, 0.1) is 24.0 Å². The van der Waals surface area contributed by atoms with Crippen molar-refractivity contribution in [1.82, 2.24) is 14.9 Å². The monoisotopic (exact) mass is 495 g/mol. The Morgan fingerprint density at radius 1 is 1.21 bits per heavy atom. The zero-order valence-corrected chi connectivity index (χ0v) is 20.2. The normalized spacial score (nSPS) is 22.6. The van der Waals surface area contributed by atoms with Crippen LogP contribution in [-0.2, 0) is 27.3 Å². The molecular formula is C23H27Cl2N3O5. The average Bonchev–Trinajstić information content (AvgIpc) is 3.26. The number of aromatic nitrogens is 2. The van der Waals surface area contributed by atoms with E-state index in [0.717, 1.165) is 5.56 Å². The van der Waals surface area contributed by atoms with Crippen LogP contribution in [0.4, 0.5) is 0 Å². The zero-order chi connectivity index (χ0) is 24.6. The first-order valence-corrected chi connectivity index (χ1v) is 11.3. The maximum absolute atomic E-state index is 13.0. The molecule has 0 saturated heterocycles. The molecule has 33 heavy (non-hydrogen) atoms. The van der Waals surface area contributed by atoms with Gasteiger partial charge in [-0.1, -0.05) is 43.1 Å². The van der Waals surface area contributed by atoms with Gasteiger partial charge >= 0.3 is 11.9 Å². The van der Waals surface area contributed by atoms with E-state index in [1.807, 2.05) is 0 Å². The van der Waals surface area contributed by atoms with E-state index >= 15 is 0 Å². The lowest BCUT2D eigenvalue weighted by Crippen LogP contribution is -2.49. The van der Waals surface area contributed by atoms with E-state index in [1.54, 1.807) is 56.1 Å². The van der Waals surface area contributed by atoms with Crippen LogP contribution in [0, 0.1) is 16.7 Å². The van der Waals surface area contributed by atoms with E-state index in [-0.39, 0.29) is 6.42 Å². The summed E-state index contributed by atoms with van der Waals surface area (Å²) in [5.74, 6) is -3.22. The summed E-state index contributed by atoms with van der Waals surface area (Å²) in [7, 11) is 0. The first kappa shape index (κ1) is 25.1. The van der Waals surface area contributed by atoms with Gasteiger partial charge in [-0.15, -0.1) is 0 Å². The van der Waals surface area contributed by atoms with Gasteiger partial charge in [-0.2, -0.15) is 0 Å². The van der Waals surface area contributed by atoms with Gasteiger partial charge < -0.3 is 20.1 Å². The molecule has 0 aliphatic heterocycles. The molecule has 178 valence electrons. The van der Waals surface area contributed by atoms with Crippen molar-refractivity contribution in [2.45, 2.75) is 52.6 Å². The molecule has 10 heteroatoms. The molecule has 1 heterocycles. The fourth-order valence-corrected chi connectivity index (χ4v) is 5.00. The topological polar surface area (TPSA) is 122 Å². The summed E-state index contributed by atoms with van der Waals surface area (Å²) in [6.45, 7) is 5.49. The van der Waals surface area contributed by atoms with Crippen LogP contribution in [0.3, 0.4) is 0 Å². The summed E-state index contributed by atoms with van der Waals surface area (Å²) in [6.07, 6.45) is 3.94. The third-order valence-corrected chi connectivity index (χ3v) is 7.84. The van der Waals surface area contributed by atoms with Crippen molar-refractivity contribution in [2.24, 2.45) is 16.7 Å². The molecule has 1 fully saturated rings. The number of carboxylic acids is 2. The number of carbonyl (C=O) groups excluding carboxylic acids is 1. The largest absolute Gasteiger partial charge is 0.481 e. The highest BCUT2D eigenvalue weighted by molar-refractivity contribution is 6.35. The predicted molar refractivity (Wildman–Crippen MR) is 123 cm³/mol. The van der Waals surface area contributed by atoms with Crippen LogP contribution >= 0.6 is 23.2 Å². The lowest BCUT2D eigenvalue weighted by Gasteiger charge is -2.38. The SMILES string of the molecule is CC1(C(=O)O)CCC(C(=O)N[C@@H](Cc2cn(Cc3c(Cl)cccc3Cl)cn2)C(=O)O)C1(C)C. The molecule has 3 atom stereocenters. The Labute approximate surface area is 201 Å².